The summed E-state index contributed by atoms with van der Waals surface area (Å²) in [5.74, 6) is 1.65. The van der Waals surface area contributed by atoms with Gasteiger partial charge in [0, 0.05) is 6.54 Å². The zero-order chi connectivity index (χ0) is 20.5. The van der Waals surface area contributed by atoms with Crippen LogP contribution in [0, 0.1) is 11.3 Å². The van der Waals surface area contributed by atoms with Crippen molar-refractivity contribution in [3.05, 3.63) is 95.6 Å². The molecule has 0 saturated carbocycles. The van der Waals surface area contributed by atoms with E-state index in [0.29, 0.717) is 23.6 Å². The van der Waals surface area contributed by atoms with Crippen LogP contribution >= 0.6 is 0 Å². The van der Waals surface area contributed by atoms with Gasteiger partial charge >= 0.3 is 0 Å². The minimum absolute atomic E-state index is 0.0235. The standard InChI is InChI=1S/C24H20N2O3/c1-28-21-12-10-18(11-13-21)17-26-24(27)20(16-25)14-19-6-5-9-23(15-19)29-22-7-3-2-4-8-22/h2-15H,17H2,1H3,(H,26,27)/b20-14-. The molecule has 0 atom stereocenters. The van der Waals surface area contributed by atoms with Crippen molar-refractivity contribution in [1.29, 1.82) is 5.26 Å². The number of hydrogen-bond donors (Lipinski definition) is 1. The van der Waals surface area contributed by atoms with Gasteiger partial charge in [-0.25, -0.2) is 0 Å². The van der Waals surface area contributed by atoms with Gasteiger partial charge in [0.15, 0.2) is 0 Å². The summed E-state index contributed by atoms with van der Waals surface area (Å²) in [4.78, 5) is 12.4. The number of amides is 1. The lowest BCUT2D eigenvalue weighted by Crippen LogP contribution is -2.23. The van der Waals surface area contributed by atoms with Crippen LogP contribution in [-0.4, -0.2) is 13.0 Å². The second-order valence-electron chi connectivity index (χ2n) is 6.19. The third-order valence-corrected chi connectivity index (χ3v) is 4.13. The highest BCUT2D eigenvalue weighted by Crippen LogP contribution is 2.22. The summed E-state index contributed by atoms with van der Waals surface area (Å²) in [5.41, 5.74) is 1.64. The lowest BCUT2D eigenvalue weighted by molar-refractivity contribution is -0.117. The number of carbonyl (C=O) groups is 1. The maximum absolute atomic E-state index is 12.4. The summed E-state index contributed by atoms with van der Waals surface area (Å²) in [6, 6.07) is 26.0. The molecule has 0 unspecified atom stereocenters. The van der Waals surface area contributed by atoms with E-state index >= 15 is 0 Å². The number of nitrogens with one attached hydrogen (secondary N) is 1. The molecule has 29 heavy (non-hydrogen) atoms. The monoisotopic (exact) mass is 384 g/mol. The van der Waals surface area contributed by atoms with Crippen LogP contribution in [0.1, 0.15) is 11.1 Å². The van der Waals surface area contributed by atoms with Gasteiger partial charge in [-0.1, -0.05) is 42.5 Å². The molecule has 0 saturated heterocycles. The first kappa shape index (κ1) is 19.7. The van der Waals surface area contributed by atoms with Crippen molar-refractivity contribution >= 4 is 12.0 Å². The van der Waals surface area contributed by atoms with Gasteiger partial charge in [-0.15, -0.1) is 0 Å². The van der Waals surface area contributed by atoms with E-state index in [2.05, 4.69) is 5.32 Å². The number of ether oxygens (including phenoxy) is 2. The fourth-order valence-electron chi connectivity index (χ4n) is 2.63. The number of benzene rings is 3. The zero-order valence-electron chi connectivity index (χ0n) is 16.0. The van der Waals surface area contributed by atoms with Crippen molar-refractivity contribution in [2.24, 2.45) is 0 Å². The van der Waals surface area contributed by atoms with E-state index in [4.69, 9.17) is 9.47 Å². The second-order valence-corrected chi connectivity index (χ2v) is 6.19. The third kappa shape index (κ3) is 5.72. The van der Waals surface area contributed by atoms with Crippen LogP contribution in [0.25, 0.3) is 6.08 Å². The van der Waals surface area contributed by atoms with E-state index in [1.54, 1.807) is 19.3 Å². The van der Waals surface area contributed by atoms with Gasteiger partial charge in [0.05, 0.1) is 7.11 Å². The van der Waals surface area contributed by atoms with Crippen LogP contribution in [0.15, 0.2) is 84.4 Å². The van der Waals surface area contributed by atoms with Gasteiger partial charge < -0.3 is 14.8 Å². The van der Waals surface area contributed by atoms with E-state index in [9.17, 15) is 10.1 Å². The van der Waals surface area contributed by atoms with Crippen LogP contribution in [0.3, 0.4) is 0 Å². The van der Waals surface area contributed by atoms with E-state index in [0.717, 1.165) is 11.3 Å². The molecule has 5 nitrogen and oxygen atoms in total. The Balaban J connectivity index is 1.67. The lowest BCUT2D eigenvalue weighted by Gasteiger charge is -2.07. The smallest absolute Gasteiger partial charge is 0.262 e. The molecule has 0 fully saturated rings. The Morgan fingerprint density at radius 2 is 1.69 bits per heavy atom. The Morgan fingerprint density at radius 3 is 2.38 bits per heavy atom. The van der Waals surface area contributed by atoms with Crippen molar-refractivity contribution < 1.29 is 14.3 Å². The molecular formula is C24H20N2O3. The fraction of sp³-hybridized carbons (Fsp3) is 0.0833. The highest BCUT2D eigenvalue weighted by molar-refractivity contribution is 6.01. The molecule has 144 valence electrons. The molecule has 3 aromatic carbocycles. The average molecular weight is 384 g/mol. The summed E-state index contributed by atoms with van der Waals surface area (Å²) in [6.07, 6.45) is 1.54. The van der Waals surface area contributed by atoms with Gasteiger partial charge in [0.25, 0.3) is 5.91 Å². The maximum Gasteiger partial charge on any atom is 0.262 e. The Hall–Kier alpha value is -4.04. The highest BCUT2D eigenvalue weighted by atomic mass is 16.5. The number of para-hydroxylation sites is 1. The molecule has 1 amide bonds. The highest BCUT2D eigenvalue weighted by Gasteiger charge is 2.09. The molecule has 0 heterocycles. The second kappa shape index (κ2) is 9.77. The van der Waals surface area contributed by atoms with Gasteiger partial charge in [-0.05, 0) is 53.6 Å². The van der Waals surface area contributed by atoms with Crippen molar-refractivity contribution in [3.63, 3.8) is 0 Å². The molecule has 5 heteroatoms. The van der Waals surface area contributed by atoms with E-state index in [-0.39, 0.29) is 5.57 Å². The molecule has 0 radical (unpaired) electrons. The van der Waals surface area contributed by atoms with Crippen molar-refractivity contribution in [3.8, 4) is 23.3 Å². The van der Waals surface area contributed by atoms with Gasteiger partial charge in [0.1, 0.15) is 28.9 Å². The van der Waals surface area contributed by atoms with Crippen LogP contribution in [0.4, 0.5) is 0 Å². The number of nitriles is 1. The predicted octanol–water partition coefficient (Wildman–Crippen LogP) is 4.71. The Kier molecular flexibility index (Phi) is 6.64. The van der Waals surface area contributed by atoms with Crippen molar-refractivity contribution in [2.75, 3.05) is 7.11 Å². The number of hydrogen-bond acceptors (Lipinski definition) is 4. The molecule has 3 rings (SSSR count). The molecule has 1 N–H and O–H groups in total. The van der Waals surface area contributed by atoms with Crippen molar-refractivity contribution in [1.82, 2.24) is 5.32 Å². The predicted molar refractivity (Wildman–Crippen MR) is 111 cm³/mol. The lowest BCUT2D eigenvalue weighted by atomic mass is 10.1. The summed E-state index contributed by atoms with van der Waals surface area (Å²) >= 11 is 0. The van der Waals surface area contributed by atoms with E-state index in [1.807, 2.05) is 78.9 Å². The van der Waals surface area contributed by atoms with E-state index in [1.165, 1.54) is 0 Å². The minimum atomic E-state index is -0.433. The number of rotatable bonds is 7. The van der Waals surface area contributed by atoms with Crippen LogP contribution in [0.5, 0.6) is 17.2 Å². The Labute approximate surface area is 169 Å². The molecule has 0 aliphatic heterocycles. The van der Waals surface area contributed by atoms with Crippen LogP contribution < -0.4 is 14.8 Å². The molecule has 0 aliphatic carbocycles. The Bertz CT molecular complexity index is 1040. The van der Waals surface area contributed by atoms with Crippen LogP contribution in [0.2, 0.25) is 0 Å². The average Bonchev–Trinajstić information content (AvgIpc) is 2.77. The summed E-state index contributed by atoms with van der Waals surface area (Å²) < 4.78 is 10.9. The summed E-state index contributed by atoms with van der Waals surface area (Å²) in [6.45, 7) is 0.318. The molecule has 0 aliphatic rings. The molecule has 3 aromatic rings. The van der Waals surface area contributed by atoms with Gasteiger partial charge in [-0.3, -0.25) is 4.79 Å². The zero-order valence-corrected chi connectivity index (χ0v) is 16.0. The number of methoxy groups -OCH3 is 1. The van der Waals surface area contributed by atoms with Crippen LogP contribution in [-0.2, 0) is 11.3 Å². The van der Waals surface area contributed by atoms with Gasteiger partial charge in [0.2, 0.25) is 0 Å². The van der Waals surface area contributed by atoms with E-state index < -0.39 is 5.91 Å². The first-order valence-electron chi connectivity index (χ1n) is 9.04. The van der Waals surface area contributed by atoms with Crippen molar-refractivity contribution in [2.45, 2.75) is 6.54 Å². The molecule has 0 bridgehead atoms. The topological polar surface area (TPSA) is 71.3 Å². The first-order chi connectivity index (χ1) is 14.2. The molecular weight excluding hydrogens is 364 g/mol. The molecule has 0 aromatic heterocycles. The SMILES string of the molecule is COc1ccc(CNC(=O)/C(C#N)=C\c2cccc(Oc3ccccc3)c2)cc1. The summed E-state index contributed by atoms with van der Waals surface area (Å²) in [5, 5.41) is 12.2. The fourth-order valence-corrected chi connectivity index (χ4v) is 2.63. The maximum atomic E-state index is 12.4. The molecule has 0 spiro atoms. The summed E-state index contributed by atoms with van der Waals surface area (Å²) in [7, 11) is 1.60. The minimum Gasteiger partial charge on any atom is -0.497 e. The normalized spacial score (nSPS) is 10.7. The third-order valence-electron chi connectivity index (χ3n) is 4.13. The quantitative estimate of drug-likeness (QED) is 0.473. The largest absolute Gasteiger partial charge is 0.497 e. The number of carbonyl (C=O) groups excluding carboxylic acids is 1. The first-order valence-corrected chi connectivity index (χ1v) is 9.04. The van der Waals surface area contributed by atoms with Gasteiger partial charge in [-0.2, -0.15) is 5.26 Å². The number of nitrogens with zero attached hydrogens (tertiary/aromatic N) is 1. The Morgan fingerprint density at radius 1 is 0.966 bits per heavy atom.